The molecule has 0 heterocycles. The molecule has 13 heavy (non-hydrogen) atoms. The summed E-state index contributed by atoms with van der Waals surface area (Å²) >= 11 is 1.46. The highest BCUT2D eigenvalue weighted by Gasteiger charge is 2.05. The van der Waals surface area contributed by atoms with Crippen molar-refractivity contribution in [2.45, 2.75) is 6.10 Å². The first-order chi connectivity index (χ1) is 5.95. The van der Waals surface area contributed by atoms with Crippen LogP contribution in [0, 0.1) is 0 Å². The minimum Gasteiger partial charge on any atom is -0.391 e. The predicted octanol–water partition coefficient (Wildman–Crippen LogP) is -0.655. The number of thioether (sulfide) groups is 1. The van der Waals surface area contributed by atoms with E-state index in [1.54, 1.807) is 7.05 Å². The van der Waals surface area contributed by atoms with Crippen LogP contribution < -0.4 is 5.32 Å². The summed E-state index contributed by atoms with van der Waals surface area (Å²) in [6, 6.07) is 0. The molecule has 6 heteroatoms. The highest BCUT2D eigenvalue weighted by Crippen LogP contribution is 2.03. The first kappa shape index (κ1) is 13.2. The van der Waals surface area contributed by atoms with Crippen LogP contribution in [0.1, 0.15) is 0 Å². The molecular formula is C7H17NO3S2. The summed E-state index contributed by atoms with van der Waals surface area (Å²) < 4.78 is 21.4. The third kappa shape index (κ3) is 10.1. The van der Waals surface area contributed by atoms with E-state index >= 15 is 0 Å². The third-order valence-electron chi connectivity index (χ3n) is 1.35. The van der Waals surface area contributed by atoms with Gasteiger partial charge in [0, 0.05) is 24.3 Å². The van der Waals surface area contributed by atoms with Gasteiger partial charge in [-0.3, -0.25) is 0 Å². The fraction of sp³-hybridized carbons (Fsp3) is 1.00. The number of aliphatic hydroxyl groups is 1. The van der Waals surface area contributed by atoms with Gasteiger partial charge in [-0.25, -0.2) is 8.42 Å². The van der Waals surface area contributed by atoms with E-state index in [9.17, 15) is 13.5 Å². The van der Waals surface area contributed by atoms with Crippen molar-refractivity contribution in [3.8, 4) is 0 Å². The molecule has 0 fully saturated rings. The lowest BCUT2D eigenvalue weighted by Gasteiger charge is -2.08. The van der Waals surface area contributed by atoms with Crippen LogP contribution in [-0.2, 0) is 9.84 Å². The van der Waals surface area contributed by atoms with Gasteiger partial charge in [-0.15, -0.1) is 0 Å². The molecule has 1 unspecified atom stereocenters. The summed E-state index contributed by atoms with van der Waals surface area (Å²) in [5.41, 5.74) is 0. The summed E-state index contributed by atoms with van der Waals surface area (Å²) in [5, 5.41) is 12.1. The second-order valence-electron chi connectivity index (χ2n) is 2.92. The molecule has 1 atom stereocenters. The standard InChI is InChI=1S/C7H17NO3S2/c1-8-5-7(9)6-12-3-4-13(2,10)11/h7-9H,3-6H2,1-2H3. The van der Waals surface area contributed by atoms with Gasteiger partial charge >= 0.3 is 0 Å². The van der Waals surface area contributed by atoms with Crippen molar-refractivity contribution in [2.75, 3.05) is 37.1 Å². The molecule has 0 spiro atoms. The van der Waals surface area contributed by atoms with Crippen LogP contribution in [0.3, 0.4) is 0 Å². The van der Waals surface area contributed by atoms with E-state index in [-0.39, 0.29) is 5.75 Å². The Hall–Kier alpha value is 0.220. The number of rotatable bonds is 7. The van der Waals surface area contributed by atoms with E-state index in [1.807, 2.05) is 0 Å². The van der Waals surface area contributed by atoms with Crippen LogP contribution in [0.4, 0.5) is 0 Å². The third-order valence-corrected chi connectivity index (χ3v) is 3.67. The summed E-state index contributed by atoms with van der Waals surface area (Å²) in [6.07, 6.45) is 0.826. The number of aliphatic hydroxyl groups excluding tert-OH is 1. The van der Waals surface area contributed by atoms with Crippen molar-refractivity contribution >= 4 is 21.6 Å². The Bertz CT molecular complexity index is 216. The second-order valence-corrected chi connectivity index (χ2v) is 6.33. The van der Waals surface area contributed by atoms with Crippen molar-refractivity contribution < 1.29 is 13.5 Å². The molecule has 0 saturated carbocycles. The Morgan fingerprint density at radius 1 is 1.54 bits per heavy atom. The first-order valence-electron chi connectivity index (χ1n) is 4.04. The van der Waals surface area contributed by atoms with Gasteiger partial charge in [0.15, 0.2) is 0 Å². The Labute approximate surface area is 84.0 Å². The lowest BCUT2D eigenvalue weighted by Crippen LogP contribution is -2.25. The van der Waals surface area contributed by atoms with Crippen molar-refractivity contribution in [1.82, 2.24) is 5.32 Å². The molecule has 0 saturated heterocycles. The van der Waals surface area contributed by atoms with Crippen molar-refractivity contribution in [3.05, 3.63) is 0 Å². The molecule has 0 aliphatic rings. The maximum atomic E-state index is 10.7. The second kappa shape index (κ2) is 6.64. The molecule has 0 aromatic rings. The van der Waals surface area contributed by atoms with Gasteiger partial charge in [0.2, 0.25) is 0 Å². The molecule has 80 valence electrons. The van der Waals surface area contributed by atoms with E-state index in [1.165, 1.54) is 18.0 Å². The summed E-state index contributed by atoms with van der Waals surface area (Å²) in [7, 11) is -1.08. The van der Waals surface area contributed by atoms with Gasteiger partial charge in [0.1, 0.15) is 9.84 Å². The minimum atomic E-state index is -2.85. The lowest BCUT2D eigenvalue weighted by atomic mass is 10.4. The number of sulfone groups is 1. The smallest absolute Gasteiger partial charge is 0.148 e. The van der Waals surface area contributed by atoms with Gasteiger partial charge in [0.25, 0.3) is 0 Å². The highest BCUT2D eigenvalue weighted by molar-refractivity contribution is 8.00. The average Bonchev–Trinajstić information content (AvgIpc) is 1.97. The molecule has 0 aliphatic heterocycles. The van der Waals surface area contributed by atoms with Crippen molar-refractivity contribution in [3.63, 3.8) is 0 Å². The minimum absolute atomic E-state index is 0.184. The van der Waals surface area contributed by atoms with Crippen LogP contribution in [0.15, 0.2) is 0 Å². The summed E-state index contributed by atoms with van der Waals surface area (Å²) in [4.78, 5) is 0. The van der Waals surface area contributed by atoms with Gasteiger partial charge in [-0.2, -0.15) is 11.8 Å². The maximum absolute atomic E-state index is 10.7. The highest BCUT2D eigenvalue weighted by atomic mass is 32.2. The van der Waals surface area contributed by atoms with Gasteiger partial charge < -0.3 is 10.4 Å². The van der Waals surface area contributed by atoms with Crippen LogP contribution >= 0.6 is 11.8 Å². The van der Waals surface area contributed by atoms with Crippen molar-refractivity contribution in [1.29, 1.82) is 0 Å². The largest absolute Gasteiger partial charge is 0.391 e. The molecule has 0 aromatic heterocycles. The van der Waals surface area contributed by atoms with Gasteiger partial charge in [-0.1, -0.05) is 0 Å². The number of hydrogen-bond acceptors (Lipinski definition) is 5. The zero-order valence-corrected chi connectivity index (χ0v) is 9.62. The molecule has 0 aliphatic carbocycles. The van der Waals surface area contributed by atoms with E-state index < -0.39 is 15.9 Å². The Morgan fingerprint density at radius 2 is 2.15 bits per heavy atom. The van der Waals surface area contributed by atoms with E-state index in [0.717, 1.165) is 0 Å². The van der Waals surface area contributed by atoms with Crippen LogP contribution in [0.25, 0.3) is 0 Å². The van der Waals surface area contributed by atoms with Crippen LogP contribution in [0.5, 0.6) is 0 Å². The normalized spacial score (nSPS) is 14.4. The quantitative estimate of drug-likeness (QED) is 0.566. The SMILES string of the molecule is CNCC(O)CSCCS(C)(=O)=O. The average molecular weight is 227 g/mol. The van der Waals surface area contributed by atoms with Crippen LogP contribution in [0.2, 0.25) is 0 Å². The summed E-state index contributed by atoms with van der Waals surface area (Å²) in [5.74, 6) is 1.32. The van der Waals surface area contributed by atoms with Crippen molar-refractivity contribution in [2.24, 2.45) is 0 Å². The van der Waals surface area contributed by atoms with E-state index in [2.05, 4.69) is 5.32 Å². The van der Waals surface area contributed by atoms with E-state index in [4.69, 9.17) is 0 Å². The molecule has 0 radical (unpaired) electrons. The van der Waals surface area contributed by atoms with Gasteiger partial charge in [-0.05, 0) is 7.05 Å². The molecule has 0 rings (SSSR count). The molecule has 0 bridgehead atoms. The number of hydrogen-bond donors (Lipinski definition) is 2. The first-order valence-corrected chi connectivity index (χ1v) is 7.25. The molecule has 0 aromatic carbocycles. The molecule has 0 amide bonds. The van der Waals surface area contributed by atoms with Gasteiger partial charge in [0.05, 0.1) is 11.9 Å². The molecule has 4 nitrogen and oxygen atoms in total. The lowest BCUT2D eigenvalue weighted by molar-refractivity contribution is 0.199. The topological polar surface area (TPSA) is 66.4 Å². The van der Waals surface area contributed by atoms with E-state index in [0.29, 0.717) is 18.1 Å². The Balaban J connectivity index is 3.36. The Morgan fingerprint density at radius 3 is 2.62 bits per heavy atom. The fourth-order valence-electron chi connectivity index (χ4n) is 0.724. The zero-order valence-electron chi connectivity index (χ0n) is 7.99. The predicted molar refractivity (Wildman–Crippen MR) is 57.0 cm³/mol. The number of nitrogens with one attached hydrogen (secondary N) is 1. The molecular weight excluding hydrogens is 210 g/mol. The Kier molecular flexibility index (Phi) is 6.75. The van der Waals surface area contributed by atoms with Crippen LogP contribution in [-0.4, -0.2) is 56.7 Å². The fourth-order valence-corrected chi connectivity index (χ4v) is 2.96. The summed E-state index contributed by atoms with van der Waals surface area (Å²) in [6.45, 7) is 0.547. The maximum Gasteiger partial charge on any atom is 0.148 e. The zero-order chi connectivity index (χ0) is 10.3. The molecule has 2 N–H and O–H groups in total. The monoisotopic (exact) mass is 227 g/mol. The number of likely N-dealkylation sites (N-methyl/N-ethyl adjacent to an activating group) is 1.